The van der Waals surface area contributed by atoms with Gasteiger partial charge in [0.15, 0.2) is 5.96 Å². The highest BCUT2D eigenvalue weighted by atomic mass is 127. The molecule has 134 valence electrons. The minimum atomic E-state index is -0.843. The van der Waals surface area contributed by atoms with E-state index in [0.29, 0.717) is 12.3 Å². The van der Waals surface area contributed by atoms with Crippen molar-refractivity contribution in [1.82, 2.24) is 15.6 Å². The van der Waals surface area contributed by atoms with Crippen LogP contribution in [0.1, 0.15) is 37.6 Å². The van der Waals surface area contributed by atoms with Crippen molar-refractivity contribution >= 4 is 52.1 Å². The zero-order valence-corrected chi connectivity index (χ0v) is 18.6. The second-order valence-electron chi connectivity index (χ2n) is 5.91. The number of halogens is 1. The number of rotatable bonds is 7. The topological polar surface area (TPSA) is 66.4 Å². The summed E-state index contributed by atoms with van der Waals surface area (Å²) < 4.78 is 11.8. The Balaban J connectivity index is 0.00000484. The fourth-order valence-electron chi connectivity index (χ4n) is 1.70. The molecule has 0 aliphatic heterocycles. The molecule has 1 unspecified atom stereocenters. The van der Waals surface area contributed by atoms with E-state index in [2.05, 4.69) is 27.5 Å². The summed E-state index contributed by atoms with van der Waals surface area (Å²) in [6, 6.07) is 0. The van der Waals surface area contributed by atoms with Crippen molar-refractivity contribution < 1.29 is 4.21 Å². The van der Waals surface area contributed by atoms with E-state index in [9.17, 15) is 4.21 Å². The molecule has 1 aromatic rings. The molecule has 0 saturated heterocycles. The summed E-state index contributed by atoms with van der Waals surface area (Å²) in [6.07, 6.45) is 3.88. The van der Waals surface area contributed by atoms with Crippen LogP contribution in [0.15, 0.2) is 11.2 Å². The monoisotopic (exact) mass is 472 g/mol. The van der Waals surface area contributed by atoms with Crippen molar-refractivity contribution in [3.05, 3.63) is 16.1 Å². The normalized spacial score (nSPS) is 13.3. The molecule has 1 atom stereocenters. The molecule has 1 rings (SSSR count). The van der Waals surface area contributed by atoms with Crippen LogP contribution < -0.4 is 10.6 Å². The molecule has 0 fully saturated rings. The van der Waals surface area contributed by atoms with Gasteiger partial charge < -0.3 is 10.6 Å². The minimum absolute atomic E-state index is 0. The Morgan fingerprint density at radius 1 is 1.35 bits per heavy atom. The molecule has 1 heterocycles. The highest BCUT2D eigenvalue weighted by molar-refractivity contribution is 14.0. The van der Waals surface area contributed by atoms with Crippen molar-refractivity contribution in [1.29, 1.82) is 0 Å². The molecular weight excluding hydrogens is 443 g/mol. The maximum absolute atomic E-state index is 12.0. The number of aliphatic imine (C=N–C) groups is 1. The third kappa shape index (κ3) is 8.99. The van der Waals surface area contributed by atoms with Crippen molar-refractivity contribution in [3.8, 4) is 0 Å². The molecule has 0 aromatic carbocycles. The Morgan fingerprint density at radius 3 is 2.52 bits per heavy atom. The third-order valence-corrected chi connectivity index (χ3v) is 6.21. The quantitative estimate of drug-likeness (QED) is 0.364. The highest BCUT2D eigenvalue weighted by Gasteiger charge is 2.18. The number of guanidine groups is 1. The number of hydrogen-bond acceptors (Lipinski definition) is 4. The molecule has 0 bridgehead atoms. The molecule has 0 saturated carbocycles. The minimum Gasteiger partial charge on any atom is -0.356 e. The Bertz CT molecular complexity index is 512. The maximum Gasteiger partial charge on any atom is 0.191 e. The Kier molecular flexibility index (Phi) is 11.2. The molecule has 2 N–H and O–H groups in total. The molecular formula is C15H29IN4OS2. The first-order chi connectivity index (χ1) is 10.4. The van der Waals surface area contributed by atoms with Gasteiger partial charge >= 0.3 is 0 Å². The van der Waals surface area contributed by atoms with Crippen molar-refractivity contribution in [3.63, 3.8) is 0 Å². The van der Waals surface area contributed by atoms with Crippen molar-refractivity contribution in [2.45, 2.75) is 45.3 Å². The average molecular weight is 472 g/mol. The van der Waals surface area contributed by atoms with Gasteiger partial charge in [-0.25, -0.2) is 4.98 Å². The summed E-state index contributed by atoms with van der Waals surface area (Å²) in [4.78, 5) is 9.90. The van der Waals surface area contributed by atoms with Crippen molar-refractivity contribution in [2.24, 2.45) is 4.99 Å². The van der Waals surface area contributed by atoms with Gasteiger partial charge in [-0.1, -0.05) is 6.92 Å². The van der Waals surface area contributed by atoms with Gasteiger partial charge in [0.1, 0.15) is 0 Å². The Labute approximate surface area is 163 Å². The van der Waals surface area contributed by atoms with Gasteiger partial charge in [-0.2, -0.15) is 0 Å². The summed E-state index contributed by atoms with van der Waals surface area (Å²) in [6.45, 7) is 9.57. The molecule has 0 radical (unpaired) electrons. The van der Waals surface area contributed by atoms with Crippen LogP contribution in [-0.4, -0.2) is 45.8 Å². The van der Waals surface area contributed by atoms with E-state index in [1.807, 2.05) is 27.0 Å². The van der Waals surface area contributed by atoms with Crippen LogP contribution in [0, 0.1) is 0 Å². The van der Waals surface area contributed by atoms with Crippen LogP contribution in [0.3, 0.4) is 0 Å². The molecule has 0 spiro atoms. The van der Waals surface area contributed by atoms with Crippen LogP contribution in [0.2, 0.25) is 0 Å². The fraction of sp³-hybridized carbons (Fsp3) is 0.733. The van der Waals surface area contributed by atoms with E-state index in [1.54, 1.807) is 18.4 Å². The number of aromatic nitrogens is 1. The maximum atomic E-state index is 12.0. The van der Waals surface area contributed by atoms with E-state index >= 15 is 0 Å². The summed E-state index contributed by atoms with van der Waals surface area (Å²) in [5.41, 5.74) is 0. The number of hydrogen-bond donors (Lipinski definition) is 2. The summed E-state index contributed by atoms with van der Waals surface area (Å²) in [5, 5.41) is 7.62. The molecule has 23 heavy (non-hydrogen) atoms. The molecule has 5 nitrogen and oxygen atoms in total. The summed E-state index contributed by atoms with van der Waals surface area (Å²) in [7, 11) is 0.902. The SMILES string of the molecule is CCc1cnc(CCNC(=NC)NCCS(=O)C(C)(C)C)s1.I. The number of thiazole rings is 1. The van der Waals surface area contributed by atoms with Crippen LogP contribution >= 0.6 is 35.3 Å². The summed E-state index contributed by atoms with van der Waals surface area (Å²) in [5.74, 6) is 1.37. The van der Waals surface area contributed by atoms with Gasteiger partial charge in [-0.05, 0) is 27.2 Å². The lowest BCUT2D eigenvalue weighted by atomic mass is 10.3. The zero-order valence-electron chi connectivity index (χ0n) is 14.6. The first kappa shape index (κ1) is 22.8. The first-order valence-electron chi connectivity index (χ1n) is 7.63. The van der Waals surface area contributed by atoms with Crippen molar-refractivity contribution in [2.75, 3.05) is 25.9 Å². The molecule has 8 heteroatoms. The standard InChI is InChI=1S/C15H28N4OS2.HI/c1-6-12-11-19-13(21-12)7-8-17-14(16-5)18-9-10-22(20)15(2,3)4;/h11H,6-10H2,1-5H3,(H2,16,17,18);1H. The number of nitrogens with one attached hydrogen (secondary N) is 2. The lowest BCUT2D eigenvalue weighted by molar-refractivity contribution is 0.647. The molecule has 0 aliphatic carbocycles. The van der Waals surface area contributed by atoms with E-state index < -0.39 is 10.8 Å². The smallest absolute Gasteiger partial charge is 0.191 e. The first-order valence-corrected chi connectivity index (χ1v) is 9.77. The fourth-order valence-corrected chi connectivity index (χ4v) is 3.47. The van der Waals surface area contributed by atoms with Crippen LogP contribution in [0.25, 0.3) is 0 Å². The second kappa shape index (κ2) is 11.4. The van der Waals surface area contributed by atoms with Gasteiger partial charge in [0, 0.05) is 58.9 Å². The van der Waals surface area contributed by atoms with E-state index in [0.717, 1.165) is 30.4 Å². The second-order valence-corrected chi connectivity index (χ2v) is 9.44. The number of nitrogens with zero attached hydrogens (tertiary/aromatic N) is 2. The van der Waals surface area contributed by atoms with Crippen LogP contribution in [0.5, 0.6) is 0 Å². The summed E-state index contributed by atoms with van der Waals surface area (Å²) >= 11 is 1.77. The van der Waals surface area contributed by atoms with Crippen LogP contribution in [-0.2, 0) is 23.6 Å². The highest BCUT2D eigenvalue weighted by Crippen LogP contribution is 2.13. The Morgan fingerprint density at radius 2 is 2.00 bits per heavy atom. The molecule has 0 amide bonds. The predicted octanol–water partition coefficient (Wildman–Crippen LogP) is 2.58. The lowest BCUT2D eigenvalue weighted by Gasteiger charge is -2.18. The van der Waals surface area contributed by atoms with Gasteiger partial charge in [0.25, 0.3) is 0 Å². The van der Waals surface area contributed by atoms with E-state index in [4.69, 9.17) is 0 Å². The molecule has 1 aromatic heterocycles. The van der Waals surface area contributed by atoms with Gasteiger partial charge in [0.05, 0.1) is 5.01 Å². The van der Waals surface area contributed by atoms with Gasteiger partial charge in [-0.3, -0.25) is 9.20 Å². The van der Waals surface area contributed by atoms with Gasteiger partial charge in [0.2, 0.25) is 0 Å². The third-order valence-electron chi connectivity index (χ3n) is 3.07. The average Bonchev–Trinajstić information content (AvgIpc) is 2.92. The molecule has 0 aliphatic rings. The van der Waals surface area contributed by atoms with Gasteiger partial charge in [-0.15, -0.1) is 35.3 Å². The van der Waals surface area contributed by atoms with E-state index in [-0.39, 0.29) is 28.7 Å². The lowest BCUT2D eigenvalue weighted by Crippen LogP contribution is -2.41. The van der Waals surface area contributed by atoms with E-state index in [1.165, 1.54) is 4.88 Å². The number of aryl methyl sites for hydroxylation is 1. The zero-order chi connectivity index (χ0) is 16.6. The van der Waals surface area contributed by atoms with Crippen LogP contribution in [0.4, 0.5) is 0 Å². The Hall–Kier alpha value is -0.220. The largest absolute Gasteiger partial charge is 0.356 e. The predicted molar refractivity (Wildman–Crippen MR) is 113 cm³/mol.